The van der Waals surface area contributed by atoms with Crippen LogP contribution in [-0.2, 0) is 4.79 Å². The standard InChI is InChI=1S/C19H16BrClFN3O2/c1-3-25-17(12-7-6-11(22)9-13(12)20)15(19(26)27)10(2)24-18(25)16-14(21)5-4-8-23-16/h4-9,17H,3H2,1-2H3,(H,26,27). The summed E-state index contributed by atoms with van der Waals surface area (Å²) < 4.78 is 14.1. The topological polar surface area (TPSA) is 65.8 Å². The van der Waals surface area contributed by atoms with E-state index in [2.05, 4.69) is 25.9 Å². The molecule has 1 unspecified atom stereocenters. The number of allylic oxidation sites excluding steroid dienone is 1. The summed E-state index contributed by atoms with van der Waals surface area (Å²) >= 11 is 9.67. The van der Waals surface area contributed by atoms with Gasteiger partial charge in [-0.2, -0.15) is 0 Å². The van der Waals surface area contributed by atoms with E-state index in [1.54, 1.807) is 31.3 Å². The maximum Gasteiger partial charge on any atom is 0.335 e. The summed E-state index contributed by atoms with van der Waals surface area (Å²) in [5.74, 6) is -1.02. The smallest absolute Gasteiger partial charge is 0.335 e. The molecule has 8 heteroatoms. The van der Waals surface area contributed by atoms with Gasteiger partial charge in [-0.25, -0.2) is 14.2 Å². The molecule has 0 aliphatic carbocycles. The number of pyridine rings is 1. The zero-order chi connectivity index (χ0) is 19.7. The molecule has 3 rings (SSSR count). The zero-order valence-electron chi connectivity index (χ0n) is 14.6. The van der Waals surface area contributed by atoms with Crippen LogP contribution in [0, 0.1) is 5.82 Å². The average Bonchev–Trinajstić information content (AvgIpc) is 2.61. The molecule has 0 amide bonds. The lowest BCUT2D eigenvalue weighted by molar-refractivity contribution is -0.133. The third-order valence-corrected chi connectivity index (χ3v) is 5.31. The van der Waals surface area contributed by atoms with Crippen LogP contribution in [0.3, 0.4) is 0 Å². The van der Waals surface area contributed by atoms with Crippen molar-refractivity contribution in [1.29, 1.82) is 0 Å². The molecule has 5 nitrogen and oxygen atoms in total. The summed E-state index contributed by atoms with van der Waals surface area (Å²) in [6.45, 7) is 3.97. The number of carbonyl (C=O) groups is 1. The van der Waals surface area contributed by atoms with Crippen molar-refractivity contribution in [3.63, 3.8) is 0 Å². The van der Waals surface area contributed by atoms with Gasteiger partial charge in [-0.1, -0.05) is 33.6 Å². The molecule has 2 aromatic rings. The maximum absolute atomic E-state index is 13.6. The van der Waals surface area contributed by atoms with Crippen molar-refractivity contribution in [2.75, 3.05) is 6.54 Å². The molecule has 0 spiro atoms. The van der Waals surface area contributed by atoms with Crippen molar-refractivity contribution in [2.24, 2.45) is 4.99 Å². The lowest BCUT2D eigenvalue weighted by Gasteiger charge is -2.38. The Labute approximate surface area is 169 Å². The second-order valence-electron chi connectivity index (χ2n) is 5.93. The van der Waals surface area contributed by atoms with Crippen LogP contribution in [0.2, 0.25) is 5.02 Å². The zero-order valence-corrected chi connectivity index (χ0v) is 16.9. The normalized spacial score (nSPS) is 17.1. The molecule has 140 valence electrons. The third-order valence-electron chi connectivity index (χ3n) is 4.32. The predicted molar refractivity (Wildman–Crippen MR) is 105 cm³/mol. The number of benzene rings is 1. The quantitative estimate of drug-likeness (QED) is 0.722. The van der Waals surface area contributed by atoms with E-state index in [1.165, 1.54) is 12.1 Å². The van der Waals surface area contributed by atoms with Crippen molar-refractivity contribution in [1.82, 2.24) is 9.88 Å². The van der Waals surface area contributed by atoms with Gasteiger partial charge in [0.25, 0.3) is 0 Å². The first-order valence-corrected chi connectivity index (χ1v) is 9.37. The van der Waals surface area contributed by atoms with Gasteiger partial charge in [-0.15, -0.1) is 0 Å². The lowest BCUT2D eigenvalue weighted by Crippen LogP contribution is -2.41. The van der Waals surface area contributed by atoms with E-state index in [0.29, 0.717) is 38.8 Å². The molecule has 1 aliphatic heterocycles. The molecule has 1 aromatic heterocycles. The molecule has 0 saturated carbocycles. The SMILES string of the molecule is CCN1C(c2ncccc2Cl)=NC(C)=C(C(=O)O)C1c1ccc(F)cc1Br. The summed E-state index contributed by atoms with van der Waals surface area (Å²) in [4.78, 5) is 22.6. The van der Waals surface area contributed by atoms with Crippen LogP contribution in [0.4, 0.5) is 4.39 Å². The summed E-state index contributed by atoms with van der Waals surface area (Å²) in [5.41, 5.74) is 1.56. The van der Waals surface area contributed by atoms with E-state index < -0.39 is 17.8 Å². The highest BCUT2D eigenvalue weighted by Crippen LogP contribution is 2.39. The van der Waals surface area contributed by atoms with Gasteiger partial charge >= 0.3 is 5.97 Å². The molecule has 1 N–H and O–H groups in total. The van der Waals surface area contributed by atoms with Crippen LogP contribution in [0.1, 0.15) is 31.1 Å². The molecule has 0 radical (unpaired) electrons. The molecule has 0 bridgehead atoms. The van der Waals surface area contributed by atoms with Gasteiger partial charge in [-0.3, -0.25) is 4.98 Å². The number of aliphatic carboxylic acids is 1. The number of amidine groups is 1. The first kappa shape index (κ1) is 19.5. The van der Waals surface area contributed by atoms with Crippen LogP contribution in [-0.4, -0.2) is 33.3 Å². The molecular formula is C19H16BrClFN3O2. The number of carboxylic acid groups (broad SMARTS) is 1. The Bertz CT molecular complexity index is 977. The Kier molecular flexibility index (Phi) is 5.62. The van der Waals surface area contributed by atoms with Crippen molar-refractivity contribution in [2.45, 2.75) is 19.9 Å². The summed E-state index contributed by atoms with van der Waals surface area (Å²) in [5, 5.41) is 10.2. The number of nitrogens with zero attached hydrogens (tertiary/aromatic N) is 3. The molecule has 2 heterocycles. The molecule has 0 fully saturated rings. The van der Waals surface area contributed by atoms with E-state index in [9.17, 15) is 14.3 Å². The third kappa shape index (κ3) is 3.61. The minimum Gasteiger partial charge on any atom is -0.478 e. The first-order valence-electron chi connectivity index (χ1n) is 8.20. The first-order chi connectivity index (χ1) is 12.8. The lowest BCUT2D eigenvalue weighted by atomic mass is 9.93. The van der Waals surface area contributed by atoms with Gasteiger partial charge in [0.1, 0.15) is 11.5 Å². The second kappa shape index (κ2) is 7.78. The summed E-state index contributed by atoms with van der Waals surface area (Å²) in [6.07, 6.45) is 1.60. The predicted octanol–water partition coefficient (Wildman–Crippen LogP) is 4.82. The number of carboxylic acids is 1. The minimum absolute atomic E-state index is 0.125. The fourth-order valence-corrected chi connectivity index (χ4v) is 3.92. The maximum atomic E-state index is 13.6. The number of halogens is 3. The van der Waals surface area contributed by atoms with Gasteiger partial charge in [-0.05, 0) is 43.7 Å². The molecular weight excluding hydrogens is 437 g/mol. The highest BCUT2D eigenvalue weighted by molar-refractivity contribution is 9.10. The van der Waals surface area contributed by atoms with Gasteiger partial charge in [0.15, 0.2) is 5.84 Å². The Hall–Kier alpha value is -2.25. The van der Waals surface area contributed by atoms with Gasteiger partial charge in [0.05, 0.1) is 22.3 Å². The fraction of sp³-hybridized carbons (Fsp3) is 0.211. The van der Waals surface area contributed by atoms with Gasteiger partial charge in [0, 0.05) is 17.2 Å². The molecule has 1 aliphatic rings. The van der Waals surface area contributed by atoms with E-state index in [-0.39, 0.29) is 5.57 Å². The van der Waals surface area contributed by atoms with E-state index in [4.69, 9.17) is 11.6 Å². The van der Waals surface area contributed by atoms with Crippen molar-refractivity contribution < 1.29 is 14.3 Å². The monoisotopic (exact) mass is 451 g/mol. The van der Waals surface area contributed by atoms with Crippen molar-refractivity contribution in [3.8, 4) is 0 Å². The molecule has 1 aromatic carbocycles. The Balaban J connectivity index is 2.26. The van der Waals surface area contributed by atoms with Crippen molar-refractivity contribution in [3.05, 3.63) is 74.4 Å². The van der Waals surface area contributed by atoms with Crippen molar-refractivity contribution >= 4 is 39.3 Å². The fourth-order valence-electron chi connectivity index (χ4n) is 3.15. The Morgan fingerprint density at radius 1 is 1.41 bits per heavy atom. The number of hydrogen-bond acceptors (Lipinski definition) is 4. The van der Waals surface area contributed by atoms with Crippen LogP contribution >= 0.6 is 27.5 Å². The number of aromatic nitrogens is 1. The second-order valence-corrected chi connectivity index (χ2v) is 7.19. The molecule has 27 heavy (non-hydrogen) atoms. The van der Waals surface area contributed by atoms with E-state index in [1.807, 2.05) is 11.8 Å². The van der Waals surface area contributed by atoms with Crippen LogP contribution in [0.15, 0.2) is 57.3 Å². The minimum atomic E-state index is -1.08. The Morgan fingerprint density at radius 2 is 2.15 bits per heavy atom. The summed E-state index contributed by atoms with van der Waals surface area (Å²) in [7, 11) is 0. The number of likely N-dealkylation sites (N-methyl/N-ethyl adjacent to an activating group) is 1. The largest absolute Gasteiger partial charge is 0.478 e. The van der Waals surface area contributed by atoms with E-state index in [0.717, 1.165) is 0 Å². The van der Waals surface area contributed by atoms with Gasteiger partial charge < -0.3 is 10.0 Å². The number of rotatable bonds is 4. The van der Waals surface area contributed by atoms with Crippen LogP contribution in [0.25, 0.3) is 0 Å². The molecule has 0 saturated heterocycles. The average molecular weight is 453 g/mol. The number of hydrogen-bond donors (Lipinski definition) is 1. The van der Waals surface area contributed by atoms with Gasteiger partial charge in [0.2, 0.25) is 0 Å². The van der Waals surface area contributed by atoms with Crippen LogP contribution < -0.4 is 0 Å². The molecule has 1 atom stereocenters. The number of aliphatic imine (C=N–C) groups is 1. The van der Waals surface area contributed by atoms with Crippen LogP contribution in [0.5, 0.6) is 0 Å². The Morgan fingerprint density at radius 3 is 2.74 bits per heavy atom. The highest BCUT2D eigenvalue weighted by Gasteiger charge is 2.37. The summed E-state index contributed by atoms with van der Waals surface area (Å²) in [6, 6.07) is 6.94. The highest BCUT2D eigenvalue weighted by atomic mass is 79.9. The van der Waals surface area contributed by atoms with E-state index >= 15 is 0 Å².